The van der Waals surface area contributed by atoms with Crippen LogP contribution < -0.4 is 10.1 Å². The van der Waals surface area contributed by atoms with Gasteiger partial charge in [0.15, 0.2) is 0 Å². The summed E-state index contributed by atoms with van der Waals surface area (Å²) in [6.07, 6.45) is 3.44. The smallest absolute Gasteiger partial charge is 0.223 e. The predicted molar refractivity (Wildman–Crippen MR) is 94.4 cm³/mol. The summed E-state index contributed by atoms with van der Waals surface area (Å²) < 4.78 is 5.19. The van der Waals surface area contributed by atoms with Gasteiger partial charge in [-0.2, -0.15) is 0 Å². The van der Waals surface area contributed by atoms with Crippen LogP contribution in [0.2, 0.25) is 0 Å². The second-order valence-corrected chi connectivity index (χ2v) is 7.44. The summed E-state index contributed by atoms with van der Waals surface area (Å²) in [5.41, 5.74) is 1.11. The first kappa shape index (κ1) is 17.8. The molecule has 1 fully saturated rings. The van der Waals surface area contributed by atoms with E-state index in [2.05, 4.69) is 33.0 Å². The lowest BCUT2D eigenvalue weighted by atomic mass is 9.69. The van der Waals surface area contributed by atoms with Gasteiger partial charge in [0.05, 0.1) is 13.2 Å². The van der Waals surface area contributed by atoms with Crippen LogP contribution in [-0.2, 0) is 4.79 Å². The lowest BCUT2D eigenvalue weighted by Gasteiger charge is -2.37. The summed E-state index contributed by atoms with van der Waals surface area (Å²) >= 11 is 0. The second-order valence-electron chi connectivity index (χ2n) is 7.44. The minimum Gasteiger partial charge on any atom is -0.497 e. The van der Waals surface area contributed by atoms with E-state index in [1.807, 2.05) is 24.3 Å². The van der Waals surface area contributed by atoms with Gasteiger partial charge in [0.25, 0.3) is 0 Å². The van der Waals surface area contributed by atoms with Gasteiger partial charge < -0.3 is 10.1 Å². The molecule has 0 radical (unpaired) electrons. The second kappa shape index (κ2) is 7.85. The highest BCUT2D eigenvalue weighted by Crippen LogP contribution is 2.38. The Balaban J connectivity index is 2.03. The number of carbonyl (C=O) groups is 1. The number of hydrogen-bond acceptors (Lipinski definition) is 2. The molecule has 1 amide bonds. The zero-order valence-electron chi connectivity index (χ0n) is 15.1. The Morgan fingerprint density at radius 3 is 2.39 bits per heavy atom. The van der Waals surface area contributed by atoms with Crippen molar-refractivity contribution in [2.45, 2.75) is 53.0 Å². The lowest BCUT2D eigenvalue weighted by Crippen LogP contribution is -2.41. The molecule has 2 rings (SSSR count). The fourth-order valence-electron chi connectivity index (χ4n) is 3.80. The zero-order chi connectivity index (χ0) is 17.0. The molecule has 128 valence electrons. The highest BCUT2D eigenvalue weighted by atomic mass is 16.5. The van der Waals surface area contributed by atoms with E-state index >= 15 is 0 Å². The molecule has 1 unspecified atom stereocenters. The van der Waals surface area contributed by atoms with Gasteiger partial charge in [-0.05, 0) is 55.2 Å². The van der Waals surface area contributed by atoms with Crippen molar-refractivity contribution in [1.29, 1.82) is 0 Å². The standard InChI is InChI=1S/C20H31NO2/c1-13(2)18-11-6-14(3)12-19(18)20(22)21-15(4)16-7-9-17(23-5)10-8-16/h7-10,13-15,18-19H,6,11-12H2,1-5H3,(H,21,22)/t14-,15?,18+,19-/m1/s1. The first-order valence-corrected chi connectivity index (χ1v) is 8.86. The molecular formula is C20H31NO2. The number of methoxy groups -OCH3 is 1. The molecule has 0 aliphatic heterocycles. The maximum Gasteiger partial charge on any atom is 0.223 e. The summed E-state index contributed by atoms with van der Waals surface area (Å²) in [7, 11) is 1.66. The van der Waals surface area contributed by atoms with Crippen molar-refractivity contribution in [3.63, 3.8) is 0 Å². The molecule has 1 aromatic rings. The number of rotatable bonds is 5. The highest BCUT2D eigenvalue weighted by molar-refractivity contribution is 5.79. The minimum atomic E-state index is 0.0263. The molecule has 1 N–H and O–H groups in total. The monoisotopic (exact) mass is 317 g/mol. The van der Waals surface area contributed by atoms with Crippen molar-refractivity contribution in [2.75, 3.05) is 7.11 Å². The maximum absolute atomic E-state index is 12.8. The molecule has 0 spiro atoms. The fraction of sp³-hybridized carbons (Fsp3) is 0.650. The number of hydrogen-bond donors (Lipinski definition) is 1. The van der Waals surface area contributed by atoms with Crippen LogP contribution in [0.25, 0.3) is 0 Å². The molecule has 1 aromatic carbocycles. The van der Waals surface area contributed by atoms with E-state index in [4.69, 9.17) is 4.74 Å². The van der Waals surface area contributed by atoms with Crippen molar-refractivity contribution in [3.05, 3.63) is 29.8 Å². The van der Waals surface area contributed by atoms with Crippen molar-refractivity contribution < 1.29 is 9.53 Å². The van der Waals surface area contributed by atoms with E-state index in [1.54, 1.807) is 7.11 Å². The third-order valence-corrected chi connectivity index (χ3v) is 5.33. The largest absolute Gasteiger partial charge is 0.497 e. The number of nitrogens with one attached hydrogen (secondary N) is 1. The molecule has 1 aliphatic rings. The first-order valence-electron chi connectivity index (χ1n) is 8.86. The predicted octanol–water partition coefficient (Wildman–Crippen LogP) is 4.58. The maximum atomic E-state index is 12.8. The van der Waals surface area contributed by atoms with E-state index in [9.17, 15) is 4.79 Å². The molecule has 23 heavy (non-hydrogen) atoms. The van der Waals surface area contributed by atoms with Gasteiger partial charge in [0.2, 0.25) is 5.91 Å². The molecule has 3 heteroatoms. The minimum absolute atomic E-state index is 0.0263. The molecular weight excluding hydrogens is 286 g/mol. The molecule has 0 bridgehead atoms. The number of benzene rings is 1. The average molecular weight is 317 g/mol. The van der Waals surface area contributed by atoms with Gasteiger partial charge in [-0.25, -0.2) is 0 Å². The summed E-state index contributed by atoms with van der Waals surface area (Å²) in [6.45, 7) is 8.81. The molecule has 3 nitrogen and oxygen atoms in total. The Bertz CT molecular complexity index is 509. The van der Waals surface area contributed by atoms with Crippen LogP contribution in [0.1, 0.15) is 58.6 Å². The van der Waals surface area contributed by atoms with Crippen LogP contribution >= 0.6 is 0 Å². The van der Waals surface area contributed by atoms with E-state index < -0.39 is 0 Å². The van der Waals surface area contributed by atoms with Gasteiger partial charge in [0, 0.05) is 5.92 Å². The zero-order valence-corrected chi connectivity index (χ0v) is 15.1. The third kappa shape index (κ3) is 4.49. The molecule has 4 atom stereocenters. The first-order chi connectivity index (χ1) is 10.9. The Morgan fingerprint density at radius 2 is 1.83 bits per heavy atom. The van der Waals surface area contributed by atoms with Gasteiger partial charge in [0.1, 0.15) is 5.75 Å². The van der Waals surface area contributed by atoms with Crippen LogP contribution in [0.4, 0.5) is 0 Å². The average Bonchev–Trinajstić information content (AvgIpc) is 2.54. The fourth-order valence-corrected chi connectivity index (χ4v) is 3.80. The number of ether oxygens (including phenoxy) is 1. The van der Waals surface area contributed by atoms with Crippen LogP contribution in [0.3, 0.4) is 0 Å². The topological polar surface area (TPSA) is 38.3 Å². The van der Waals surface area contributed by atoms with Crippen LogP contribution in [-0.4, -0.2) is 13.0 Å². The summed E-state index contributed by atoms with van der Waals surface area (Å²) in [5, 5.41) is 3.23. The quantitative estimate of drug-likeness (QED) is 0.863. The van der Waals surface area contributed by atoms with E-state index in [0.29, 0.717) is 17.8 Å². The van der Waals surface area contributed by atoms with Crippen LogP contribution in [0.15, 0.2) is 24.3 Å². The SMILES string of the molecule is COc1ccc(C(C)NC(=O)[C@@H]2C[C@H](C)CC[C@H]2C(C)C)cc1. The Labute approximate surface area is 140 Å². The Kier molecular flexibility index (Phi) is 6.09. The lowest BCUT2D eigenvalue weighted by molar-refractivity contribution is -0.130. The molecule has 0 saturated heterocycles. The van der Waals surface area contributed by atoms with Gasteiger partial charge in [-0.15, -0.1) is 0 Å². The number of carbonyl (C=O) groups excluding carboxylic acids is 1. The molecule has 0 aromatic heterocycles. The van der Waals surface area contributed by atoms with Gasteiger partial charge in [-0.1, -0.05) is 39.3 Å². The molecule has 0 heterocycles. The van der Waals surface area contributed by atoms with Crippen LogP contribution in [0.5, 0.6) is 5.75 Å². The van der Waals surface area contributed by atoms with Crippen LogP contribution in [0, 0.1) is 23.7 Å². The van der Waals surface area contributed by atoms with Crippen molar-refractivity contribution in [2.24, 2.45) is 23.7 Å². The van der Waals surface area contributed by atoms with Gasteiger partial charge in [-0.3, -0.25) is 4.79 Å². The van der Waals surface area contributed by atoms with Crippen molar-refractivity contribution in [1.82, 2.24) is 5.32 Å². The summed E-state index contributed by atoms with van der Waals surface area (Å²) in [6, 6.07) is 7.95. The third-order valence-electron chi connectivity index (χ3n) is 5.33. The normalized spacial score (nSPS) is 25.9. The number of amides is 1. The van der Waals surface area contributed by atoms with E-state index in [1.165, 1.54) is 12.8 Å². The molecule has 1 aliphatic carbocycles. The Hall–Kier alpha value is -1.51. The summed E-state index contributed by atoms with van der Waals surface area (Å²) in [4.78, 5) is 12.8. The Morgan fingerprint density at radius 1 is 1.17 bits per heavy atom. The van der Waals surface area contributed by atoms with Gasteiger partial charge >= 0.3 is 0 Å². The van der Waals surface area contributed by atoms with Crippen molar-refractivity contribution >= 4 is 5.91 Å². The van der Waals surface area contributed by atoms with E-state index in [0.717, 1.165) is 17.7 Å². The molecule has 1 saturated carbocycles. The van der Waals surface area contributed by atoms with E-state index in [-0.39, 0.29) is 17.9 Å². The van der Waals surface area contributed by atoms with Crippen molar-refractivity contribution in [3.8, 4) is 5.75 Å². The summed E-state index contributed by atoms with van der Waals surface area (Å²) in [5.74, 6) is 2.94. The highest BCUT2D eigenvalue weighted by Gasteiger charge is 2.35.